The maximum Gasteiger partial charge on any atom is 0.0552 e. The number of hydrogen-bond donors (Lipinski definition) is 1. The van der Waals surface area contributed by atoms with Crippen LogP contribution in [0.1, 0.15) is 19.8 Å². The monoisotopic (exact) mass is 212 g/mol. The van der Waals surface area contributed by atoms with E-state index in [1.807, 2.05) is 6.20 Å². The molecule has 1 rings (SSSR count). The molecule has 0 aromatic rings. The lowest BCUT2D eigenvalue weighted by molar-refractivity contribution is 0.0675. The van der Waals surface area contributed by atoms with Gasteiger partial charge in [0.15, 0.2) is 0 Å². The van der Waals surface area contributed by atoms with Gasteiger partial charge in [-0.15, -0.1) is 0 Å². The summed E-state index contributed by atoms with van der Waals surface area (Å²) >= 11 is 4.30. The number of rotatable bonds is 3. The van der Waals surface area contributed by atoms with Gasteiger partial charge < -0.3 is 5.01 Å². The van der Waals surface area contributed by atoms with Crippen LogP contribution in [0, 0.1) is 0 Å². The first-order valence-electron chi connectivity index (χ1n) is 5.07. The minimum atomic E-state index is 0.932. The van der Waals surface area contributed by atoms with Crippen molar-refractivity contribution >= 4 is 12.6 Å². The molecule has 1 aliphatic rings. The van der Waals surface area contributed by atoms with Crippen LogP contribution in [-0.4, -0.2) is 35.9 Å². The average Bonchev–Trinajstić information content (AvgIpc) is 2.31. The van der Waals surface area contributed by atoms with Crippen LogP contribution < -0.4 is 0 Å². The summed E-state index contributed by atoms with van der Waals surface area (Å²) in [6, 6.07) is 0. The van der Waals surface area contributed by atoms with E-state index in [1.54, 1.807) is 0 Å². The van der Waals surface area contributed by atoms with E-state index in [0.717, 1.165) is 31.7 Å². The van der Waals surface area contributed by atoms with Crippen LogP contribution in [0.3, 0.4) is 0 Å². The van der Waals surface area contributed by atoms with Crippen LogP contribution in [-0.2, 0) is 0 Å². The molecular formula is C11H20N2S. The molecule has 0 saturated carbocycles. The second-order valence-electron chi connectivity index (χ2n) is 3.77. The van der Waals surface area contributed by atoms with E-state index in [2.05, 4.69) is 43.2 Å². The van der Waals surface area contributed by atoms with Crippen LogP contribution in [0.2, 0.25) is 0 Å². The third-order valence-electron chi connectivity index (χ3n) is 2.83. The Kier molecular flexibility index (Phi) is 4.55. The molecule has 14 heavy (non-hydrogen) atoms. The van der Waals surface area contributed by atoms with Gasteiger partial charge in [-0.05, 0) is 31.1 Å². The van der Waals surface area contributed by atoms with E-state index in [4.69, 9.17) is 0 Å². The van der Waals surface area contributed by atoms with Gasteiger partial charge in [0.1, 0.15) is 0 Å². The third-order valence-corrected chi connectivity index (χ3v) is 3.05. The quantitative estimate of drug-likeness (QED) is 0.566. The molecule has 0 unspecified atom stereocenters. The number of hydrazine groups is 1. The molecule has 1 heterocycles. The fourth-order valence-electron chi connectivity index (χ4n) is 1.72. The summed E-state index contributed by atoms with van der Waals surface area (Å²) in [5, 5.41) is 4.40. The molecule has 0 aromatic carbocycles. The lowest BCUT2D eigenvalue weighted by Gasteiger charge is -2.29. The largest absolute Gasteiger partial charge is 0.310 e. The summed E-state index contributed by atoms with van der Waals surface area (Å²) in [7, 11) is 2.11. The summed E-state index contributed by atoms with van der Waals surface area (Å²) < 4.78 is 0. The first-order chi connectivity index (χ1) is 6.69. The van der Waals surface area contributed by atoms with Crippen molar-refractivity contribution in [2.24, 2.45) is 0 Å². The SMILES string of the molecule is C=CN1CC(CCS)=C(C)CCN1C. The molecular weight excluding hydrogens is 192 g/mol. The molecule has 0 spiro atoms. The van der Waals surface area contributed by atoms with Crippen molar-refractivity contribution in [3.05, 3.63) is 23.9 Å². The van der Waals surface area contributed by atoms with Crippen molar-refractivity contribution in [2.45, 2.75) is 19.8 Å². The van der Waals surface area contributed by atoms with Crippen LogP contribution in [0.15, 0.2) is 23.9 Å². The van der Waals surface area contributed by atoms with Crippen LogP contribution in [0.4, 0.5) is 0 Å². The molecule has 0 saturated heterocycles. The molecule has 0 bridgehead atoms. The highest BCUT2D eigenvalue weighted by molar-refractivity contribution is 7.80. The minimum Gasteiger partial charge on any atom is -0.310 e. The van der Waals surface area contributed by atoms with Crippen molar-refractivity contribution in [1.29, 1.82) is 0 Å². The predicted octanol–water partition coefficient (Wildman–Crippen LogP) is 2.32. The van der Waals surface area contributed by atoms with E-state index < -0.39 is 0 Å². The minimum absolute atomic E-state index is 0.932. The standard InChI is InChI=1S/C11H20N2S/c1-4-13-9-11(6-8-14)10(2)5-7-12(13)3/h4,14H,1,5-9H2,2-3H3. The first kappa shape index (κ1) is 11.7. The van der Waals surface area contributed by atoms with Gasteiger partial charge in [0.2, 0.25) is 0 Å². The van der Waals surface area contributed by atoms with Gasteiger partial charge in [-0.3, -0.25) is 0 Å². The van der Waals surface area contributed by atoms with Crippen molar-refractivity contribution in [3.63, 3.8) is 0 Å². The van der Waals surface area contributed by atoms with E-state index in [0.29, 0.717) is 0 Å². The van der Waals surface area contributed by atoms with Crippen LogP contribution in [0.5, 0.6) is 0 Å². The molecule has 0 atom stereocenters. The fraction of sp³-hybridized carbons (Fsp3) is 0.636. The highest BCUT2D eigenvalue weighted by atomic mass is 32.1. The normalized spacial score (nSPS) is 19.8. The molecule has 1 aliphatic heterocycles. The van der Waals surface area contributed by atoms with Crippen molar-refractivity contribution in [1.82, 2.24) is 10.0 Å². The van der Waals surface area contributed by atoms with E-state index in [1.165, 1.54) is 11.1 Å². The maximum absolute atomic E-state index is 4.30. The molecule has 0 aromatic heterocycles. The second kappa shape index (κ2) is 5.47. The second-order valence-corrected chi connectivity index (χ2v) is 4.22. The van der Waals surface area contributed by atoms with Crippen LogP contribution >= 0.6 is 12.6 Å². The highest BCUT2D eigenvalue weighted by Gasteiger charge is 2.15. The van der Waals surface area contributed by atoms with Gasteiger partial charge in [-0.1, -0.05) is 12.2 Å². The summed E-state index contributed by atoms with van der Waals surface area (Å²) in [6.45, 7) is 8.13. The molecule has 0 aliphatic carbocycles. The zero-order valence-corrected chi connectivity index (χ0v) is 10.1. The number of thiol groups is 1. The van der Waals surface area contributed by atoms with Gasteiger partial charge in [0, 0.05) is 19.8 Å². The van der Waals surface area contributed by atoms with Crippen molar-refractivity contribution < 1.29 is 0 Å². The molecule has 0 N–H and O–H groups in total. The Hall–Kier alpha value is -0.410. The number of hydrogen-bond acceptors (Lipinski definition) is 3. The van der Waals surface area contributed by atoms with Gasteiger partial charge in [-0.2, -0.15) is 12.6 Å². The molecule has 0 fully saturated rings. The lowest BCUT2D eigenvalue weighted by Crippen LogP contribution is -2.35. The number of nitrogens with zero attached hydrogens (tertiary/aromatic N) is 2. The molecule has 0 radical (unpaired) electrons. The molecule has 0 amide bonds. The Morgan fingerprint density at radius 2 is 2.29 bits per heavy atom. The van der Waals surface area contributed by atoms with Gasteiger partial charge in [0.05, 0.1) is 6.54 Å². The first-order valence-corrected chi connectivity index (χ1v) is 5.71. The Bertz CT molecular complexity index is 235. The zero-order chi connectivity index (χ0) is 10.6. The van der Waals surface area contributed by atoms with E-state index >= 15 is 0 Å². The molecule has 3 heteroatoms. The zero-order valence-electron chi connectivity index (χ0n) is 9.16. The fourth-order valence-corrected chi connectivity index (χ4v) is 1.99. The van der Waals surface area contributed by atoms with E-state index in [-0.39, 0.29) is 0 Å². The van der Waals surface area contributed by atoms with Gasteiger partial charge in [-0.25, -0.2) is 5.01 Å². The molecule has 80 valence electrons. The Morgan fingerprint density at radius 3 is 2.86 bits per heavy atom. The summed E-state index contributed by atoms with van der Waals surface area (Å²) in [6.07, 6.45) is 4.15. The third kappa shape index (κ3) is 2.79. The maximum atomic E-state index is 4.30. The van der Waals surface area contributed by atoms with Gasteiger partial charge in [0.25, 0.3) is 0 Å². The molecule has 2 nitrogen and oxygen atoms in total. The highest BCUT2D eigenvalue weighted by Crippen LogP contribution is 2.19. The van der Waals surface area contributed by atoms with Crippen molar-refractivity contribution in [3.8, 4) is 0 Å². The van der Waals surface area contributed by atoms with E-state index in [9.17, 15) is 0 Å². The van der Waals surface area contributed by atoms with Crippen LogP contribution in [0.25, 0.3) is 0 Å². The summed E-state index contributed by atoms with van der Waals surface area (Å²) in [4.78, 5) is 0. The smallest absolute Gasteiger partial charge is 0.0552 e. The summed E-state index contributed by atoms with van der Waals surface area (Å²) in [5.41, 5.74) is 3.04. The lowest BCUT2D eigenvalue weighted by atomic mass is 10.1. The summed E-state index contributed by atoms with van der Waals surface area (Å²) in [5.74, 6) is 0.932. The Balaban J connectivity index is 2.75. The Labute approximate surface area is 92.6 Å². The predicted molar refractivity (Wildman–Crippen MR) is 65.3 cm³/mol. The Morgan fingerprint density at radius 1 is 1.57 bits per heavy atom. The topological polar surface area (TPSA) is 6.48 Å². The van der Waals surface area contributed by atoms with Crippen molar-refractivity contribution in [2.75, 3.05) is 25.9 Å². The van der Waals surface area contributed by atoms with Gasteiger partial charge >= 0.3 is 0 Å². The average molecular weight is 212 g/mol.